The summed E-state index contributed by atoms with van der Waals surface area (Å²) >= 11 is 0. The second-order valence-electron chi connectivity index (χ2n) is 5.31. The summed E-state index contributed by atoms with van der Waals surface area (Å²) in [5, 5.41) is 3.95. The van der Waals surface area contributed by atoms with Crippen LogP contribution in [0.5, 0.6) is 0 Å². The first-order chi connectivity index (χ1) is 11.2. The van der Waals surface area contributed by atoms with Gasteiger partial charge in [0.2, 0.25) is 5.91 Å². The SMILES string of the molecule is O=C(N/N=C\c1ccccc1)c1cccc(N2CCCC2=O)c1. The number of amides is 2. The van der Waals surface area contributed by atoms with Crippen molar-refractivity contribution in [1.82, 2.24) is 5.43 Å². The van der Waals surface area contributed by atoms with Crippen LogP contribution in [-0.4, -0.2) is 24.6 Å². The lowest BCUT2D eigenvalue weighted by Gasteiger charge is -2.16. The number of carbonyl (C=O) groups is 2. The zero-order chi connectivity index (χ0) is 16.1. The number of nitrogens with zero attached hydrogens (tertiary/aromatic N) is 2. The van der Waals surface area contributed by atoms with Gasteiger partial charge in [0.25, 0.3) is 5.91 Å². The molecule has 1 fully saturated rings. The van der Waals surface area contributed by atoms with E-state index in [-0.39, 0.29) is 11.8 Å². The third-order valence-electron chi connectivity index (χ3n) is 3.67. The van der Waals surface area contributed by atoms with Crippen LogP contribution < -0.4 is 10.3 Å². The fourth-order valence-corrected chi connectivity index (χ4v) is 2.51. The van der Waals surface area contributed by atoms with Crippen molar-refractivity contribution in [2.24, 2.45) is 5.10 Å². The van der Waals surface area contributed by atoms with E-state index in [1.807, 2.05) is 36.4 Å². The Morgan fingerprint density at radius 3 is 2.70 bits per heavy atom. The molecule has 0 spiro atoms. The third kappa shape index (κ3) is 3.63. The summed E-state index contributed by atoms with van der Waals surface area (Å²) in [7, 11) is 0. The minimum absolute atomic E-state index is 0.102. The second kappa shape index (κ2) is 6.87. The molecule has 0 unspecified atom stereocenters. The number of nitrogens with one attached hydrogen (secondary N) is 1. The third-order valence-corrected chi connectivity index (χ3v) is 3.67. The van der Waals surface area contributed by atoms with Crippen molar-refractivity contribution in [1.29, 1.82) is 0 Å². The van der Waals surface area contributed by atoms with Crippen molar-refractivity contribution in [2.45, 2.75) is 12.8 Å². The smallest absolute Gasteiger partial charge is 0.271 e. The molecule has 1 heterocycles. The fraction of sp³-hybridized carbons (Fsp3) is 0.167. The molecular formula is C18H17N3O2. The highest BCUT2D eigenvalue weighted by Crippen LogP contribution is 2.22. The summed E-state index contributed by atoms with van der Waals surface area (Å²) in [4.78, 5) is 25.7. The van der Waals surface area contributed by atoms with Crippen LogP contribution in [0, 0.1) is 0 Å². The molecule has 1 saturated heterocycles. The van der Waals surface area contributed by atoms with E-state index < -0.39 is 0 Å². The number of carbonyl (C=O) groups excluding carboxylic acids is 2. The molecule has 2 amide bonds. The van der Waals surface area contributed by atoms with Crippen molar-refractivity contribution < 1.29 is 9.59 Å². The molecule has 5 heteroatoms. The van der Waals surface area contributed by atoms with E-state index >= 15 is 0 Å². The van der Waals surface area contributed by atoms with Gasteiger partial charge in [0, 0.05) is 24.2 Å². The molecule has 2 aromatic carbocycles. The second-order valence-corrected chi connectivity index (χ2v) is 5.31. The number of anilines is 1. The molecule has 0 aliphatic carbocycles. The summed E-state index contributed by atoms with van der Waals surface area (Å²) < 4.78 is 0. The first kappa shape index (κ1) is 15.0. The highest BCUT2D eigenvalue weighted by molar-refractivity contribution is 5.99. The highest BCUT2D eigenvalue weighted by atomic mass is 16.2. The largest absolute Gasteiger partial charge is 0.312 e. The van der Waals surface area contributed by atoms with Crippen LogP contribution in [-0.2, 0) is 4.79 Å². The monoisotopic (exact) mass is 307 g/mol. The summed E-state index contributed by atoms with van der Waals surface area (Å²) in [6.07, 6.45) is 3.01. The Bertz CT molecular complexity index is 741. The van der Waals surface area contributed by atoms with Gasteiger partial charge in [0.15, 0.2) is 0 Å². The minimum atomic E-state index is -0.300. The number of rotatable bonds is 4. The van der Waals surface area contributed by atoms with Gasteiger partial charge in [-0.15, -0.1) is 0 Å². The summed E-state index contributed by atoms with van der Waals surface area (Å²) in [6, 6.07) is 16.6. The van der Waals surface area contributed by atoms with E-state index in [1.54, 1.807) is 29.3 Å². The molecule has 1 N–H and O–H groups in total. The summed E-state index contributed by atoms with van der Waals surface area (Å²) in [5.74, 6) is -0.199. The van der Waals surface area contributed by atoms with E-state index in [0.29, 0.717) is 18.5 Å². The van der Waals surface area contributed by atoms with Gasteiger partial charge < -0.3 is 4.90 Å². The maximum absolute atomic E-state index is 12.2. The molecule has 2 aromatic rings. The zero-order valence-electron chi connectivity index (χ0n) is 12.6. The van der Waals surface area contributed by atoms with E-state index in [9.17, 15) is 9.59 Å². The molecule has 1 aliphatic rings. The molecule has 23 heavy (non-hydrogen) atoms. The Balaban J connectivity index is 1.68. The molecule has 0 radical (unpaired) electrons. The molecule has 3 rings (SSSR count). The lowest BCUT2D eigenvalue weighted by molar-refractivity contribution is -0.117. The molecule has 1 aliphatic heterocycles. The van der Waals surface area contributed by atoms with Crippen LogP contribution in [0.3, 0.4) is 0 Å². The lowest BCUT2D eigenvalue weighted by atomic mass is 10.2. The summed E-state index contributed by atoms with van der Waals surface area (Å²) in [6.45, 7) is 0.704. The summed E-state index contributed by atoms with van der Waals surface area (Å²) in [5.41, 5.74) is 4.65. The first-order valence-electron chi connectivity index (χ1n) is 7.53. The van der Waals surface area contributed by atoms with Gasteiger partial charge in [-0.3, -0.25) is 9.59 Å². The molecule has 116 valence electrons. The Morgan fingerprint density at radius 1 is 1.13 bits per heavy atom. The molecular weight excluding hydrogens is 290 g/mol. The van der Waals surface area contributed by atoms with Crippen molar-refractivity contribution in [3.05, 3.63) is 65.7 Å². The quantitative estimate of drug-likeness (QED) is 0.697. The molecule has 0 atom stereocenters. The van der Waals surface area contributed by atoms with Gasteiger partial charge in [0.1, 0.15) is 0 Å². The van der Waals surface area contributed by atoms with E-state index in [0.717, 1.165) is 17.7 Å². The Hall–Kier alpha value is -2.95. The van der Waals surface area contributed by atoms with Gasteiger partial charge in [-0.05, 0) is 30.2 Å². The van der Waals surface area contributed by atoms with E-state index in [4.69, 9.17) is 0 Å². The van der Waals surface area contributed by atoms with Crippen LogP contribution in [0.25, 0.3) is 0 Å². The maximum Gasteiger partial charge on any atom is 0.271 e. The topological polar surface area (TPSA) is 61.8 Å². The average Bonchev–Trinajstić information content (AvgIpc) is 3.02. The zero-order valence-corrected chi connectivity index (χ0v) is 12.6. The van der Waals surface area contributed by atoms with E-state index in [1.165, 1.54) is 0 Å². The lowest BCUT2D eigenvalue weighted by Crippen LogP contribution is -2.24. The van der Waals surface area contributed by atoms with Crippen molar-refractivity contribution >= 4 is 23.7 Å². The Morgan fingerprint density at radius 2 is 1.96 bits per heavy atom. The Labute approximate surface area is 134 Å². The van der Waals surface area contributed by atoms with Crippen molar-refractivity contribution in [3.8, 4) is 0 Å². The standard InChI is InChI=1S/C18H17N3O2/c22-17-10-5-11-21(17)16-9-4-8-15(12-16)18(23)20-19-13-14-6-2-1-3-7-14/h1-4,6-9,12-13H,5,10-11H2,(H,20,23)/b19-13-. The first-order valence-corrected chi connectivity index (χ1v) is 7.53. The van der Waals surface area contributed by atoms with Crippen LogP contribution in [0.4, 0.5) is 5.69 Å². The van der Waals surface area contributed by atoms with Gasteiger partial charge in [-0.2, -0.15) is 5.10 Å². The number of benzene rings is 2. The van der Waals surface area contributed by atoms with Gasteiger partial charge >= 0.3 is 0 Å². The number of hydrogen-bond acceptors (Lipinski definition) is 3. The predicted octanol–water partition coefficient (Wildman–Crippen LogP) is 2.58. The normalized spacial score (nSPS) is 14.4. The number of hydrogen-bond donors (Lipinski definition) is 1. The average molecular weight is 307 g/mol. The highest BCUT2D eigenvalue weighted by Gasteiger charge is 2.22. The molecule has 0 bridgehead atoms. The Kier molecular flexibility index (Phi) is 4.47. The van der Waals surface area contributed by atoms with Gasteiger partial charge in [0.05, 0.1) is 6.21 Å². The van der Waals surface area contributed by atoms with Crippen LogP contribution in [0.2, 0.25) is 0 Å². The molecule has 5 nitrogen and oxygen atoms in total. The van der Waals surface area contributed by atoms with Gasteiger partial charge in [-0.25, -0.2) is 5.43 Å². The fourth-order valence-electron chi connectivity index (χ4n) is 2.51. The van der Waals surface area contributed by atoms with Gasteiger partial charge in [-0.1, -0.05) is 36.4 Å². The predicted molar refractivity (Wildman–Crippen MR) is 89.5 cm³/mol. The number of hydrazone groups is 1. The van der Waals surface area contributed by atoms with Crippen LogP contribution in [0.15, 0.2) is 59.7 Å². The van der Waals surface area contributed by atoms with Crippen molar-refractivity contribution in [3.63, 3.8) is 0 Å². The minimum Gasteiger partial charge on any atom is -0.312 e. The maximum atomic E-state index is 12.2. The molecule has 0 aromatic heterocycles. The molecule has 0 saturated carbocycles. The van der Waals surface area contributed by atoms with Crippen molar-refractivity contribution in [2.75, 3.05) is 11.4 Å². The van der Waals surface area contributed by atoms with Crippen LogP contribution in [0.1, 0.15) is 28.8 Å². The van der Waals surface area contributed by atoms with Crippen LogP contribution >= 0.6 is 0 Å². The van der Waals surface area contributed by atoms with E-state index in [2.05, 4.69) is 10.5 Å².